The first kappa shape index (κ1) is 77.1. The number of hydrogen-bond donors (Lipinski definition) is 0. The minimum absolute atomic E-state index is 0.0758. The van der Waals surface area contributed by atoms with Gasteiger partial charge in [0.1, 0.15) is 13.2 Å². The van der Waals surface area contributed by atoms with Crippen molar-refractivity contribution in [2.45, 2.75) is 335 Å². The predicted octanol–water partition coefficient (Wildman–Crippen LogP) is 23.8. The first-order chi connectivity index (χ1) is 40.0. The lowest BCUT2D eigenvalue weighted by Crippen LogP contribution is -2.30. The number of hydrogen-bond acceptors (Lipinski definition) is 6. The summed E-state index contributed by atoms with van der Waals surface area (Å²) in [6, 6.07) is 0. The molecule has 0 spiro atoms. The van der Waals surface area contributed by atoms with Crippen LogP contribution in [0.4, 0.5) is 0 Å². The van der Waals surface area contributed by atoms with Gasteiger partial charge in [-0.25, -0.2) is 0 Å². The van der Waals surface area contributed by atoms with E-state index in [2.05, 4.69) is 130 Å². The van der Waals surface area contributed by atoms with Crippen LogP contribution in [0.5, 0.6) is 0 Å². The highest BCUT2D eigenvalue weighted by Crippen LogP contribution is 2.17. The van der Waals surface area contributed by atoms with Gasteiger partial charge in [0, 0.05) is 19.3 Å². The van der Waals surface area contributed by atoms with Crippen molar-refractivity contribution in [1.82, 2.24) is 0 Å². The molecule has 0 radical (unpaired) electrons. The van der Waals surface area contributed by atoms with E-state index >= 15 is 0 Å². The largest absolute Gasteiger partial charge is 0.462 e. The molecule has 0 rings (SSSR count). The molecule has 6 nitrogen and oxygen atoms in total. The summed E-state index contributed by atoms with van der Waals surface area (Å²) in [5.74, 6) is -0.870. The molecule has 0 aromatic rings. The minimum atomic E-state index is -0.779. The van der Waals surface area contributed by atoms with Crippen LogP contribution in [0.2, 0.25) is 0 Å². The van der Waals surface area contributed by atoms with Gasteiger partial charge in [0.25, 0.3) is 0 Å². The van der Waals surface area contributed by atoms with Gasteiger partial charge >= 0.3 is 17.9 Å². The second-order valence-electron chi connectivity index (χ2n) is 22.7. The van der Waals surface area contributed by atoms with E-state index in [-0.39, 0.29) is 31.1 Å². The van der Waals surface area contributed by atoms with Crippen LogP contribution in [0.15, 0.2) is 109 Å². The molecular weight excluding hydrogens is 997 g/mol. The summed E-state index contributed by atoms with van der Waals surface area (Å²) in [5, 5.41) is 0. The van der Waals surface area contributed by atoms with Crippen molar-refractivity contribution in [2.24, 2.45) is 0 Å². The van der Waals surface area contributed by atoms with E-state index in [9.17, 15) is 14.4 Å². The van der Waals surface area contributed by atoms with Gasteiger partial charge in [-0.3, -0.25) is 14.4 Å². The Kier molecular flexibility index (Phi) is 65.2. The van der Waals surface area contributed by atoms with E-state index in [1.54, 1.807) is 0 Å². The number of unbranched alkanes of at least 4 members (excludes halogenated alkanes) is 33. The normalized spacial score (nSPS) is 12.8. The van der Waals surface area contributed by atoms with Crippen LogP contribution in [0.3, 0.4) is 0 Å². The minimum Gasteiger partial charge on any atom is -0.462 e. The highest BCUT2D eigenvalue weighted by Gasteiger charge is 2.19. The number of esters is 3. The second-order valence-corrected chi connectivity index (χ2v) is 22.7. The predicted molar refractivity (Wildman–Crippen MR) is 353 cm³/mol. The topological polar surface area (TPSA) is 78.9 Å². The lowest BCUT2D eigenvalue weighted by Gasteiger charge is -2.18. The third-order valence-corrected chi connectivity index (χ3v) is 14.8. The Labute approximate surface area is 501 Å². The van der Waals surface area contributed by atoms with Crippen LogP contribution in [0.1, 0.15) is 329 Å². The van der Waals surface area contributed by atoms with Gasteiger partial charge in [0.05, 0.1) is 0 Å². The summed E-state index contributed by atoms with van der Waals surface area (Å²) in [7, 11) is 0. The maximum Gasteiger partial charge on any atom is 0.306 e. The molecule has 1 atom stereocenters. The Morgan fingerprint density at radius 3 is 0.753 bits per heavy atom. The molecule has 464 valence electrons. The van der Waals surface area contributed by atoms with Crippen LogP contribution in [-0.2, 0) is 28.6 Å². The number of rotatable bonds is 62. The van der Waals surface area contributed by atoms with Gasteiger partial charge < -0.3 is 14.2 Å². The number of carbonyl (C=O) groups is 3. The standard InChI is InChI=1S/C75H128O6/c1-4-7-10-13-16-19-21-23-25-27-29-31-33-35-37-39-41-43-45-47-49-51-53-56-59-62-65-68-74(77)80-71-72(70-79-73(76)67-64-61-58-55-18-15-12-9-6-3)81-75(78)69-66-63-60-57-54-52-50-48-46-44-42-40-38-36-34-32-30-28-26-24-22-20-17-14-11-8-5-2/h7-8,10-11,16-17,19-20,23-26,29-32,35,37,72H,4-6,9,12-15,18,21-22,27-28,33-34,36,38-71H2,1-3H3/b10-7-,11-8-,19-16-,20-17-,25-23-,26-24-,31-29-,32-30-,37-35-. The highest BCUT2D eigenvalue weighted by molar-refractivity contribution is 5.71. The van der Waals surface area contributed by atoms with Gasteiger partial charge in [-0.05, 0) is 103 Å². The lowest BCUT2D eigenvalue weighted by molar-refractivity contribution is -0.167. The van der Waals surface area contributed by atoms with E-state index in [0.29, 0.717) is 19.3 Å². The maximum absolute atomic E-state index is 12.9. The Bertz CT molecular complexity index is 1620. The van der Waals surface area contributed by atoms with Gasteiger partial charge in [-0.15, -0.1) is 0 Å². The fourth-order valence-electron chi connectivity index (χ4n) is 9.70. The quantitative estimate of drug-likeness (QED) is 0.0261. The molecule has 0 heterocycles. The summed E-state index contributed by atoms with van der Waals surface area (Å²) >= 11 is 0. The molecule has 0 aromatic heterocycles. The molecule has 0 saturated carbocycles. The molecule has 1 unspecified atom stereocenters. The van der Waals surface area contributed by atoms with Crippen LogP contribution in [-0.4, -0.2) is 37.2 Å². The number of allylic oxidation sites excluding steroid dienone is 18. The van der Waals surface area contributed by atoms with E-state index in [1.807, 2.05) is 0 Å². The molecule has 0 amide bonds. The zero-order chi connectivity index (χ0) is 58.5. The summed E-state index contributed by atoms with van der Waals surface area (Å²) in [4.78, 5) is 38.3. The van der Waals surface area contributed by atoms with Crippen molar-refractivity contribution in [3.05, 3.63) is 109 Å². The average molecular weight is 1130 g/mol. The third kappa shape index (κ3) is 66.8. The fraction of sp³-hybridized carbons (Fsp3) is 0.720. The summed E-state index contributed by atoms with van der Waals surface area (Å²) in [5.41, 5.74) is 0. The van der Waals surface area contributed by atoms with Crippen molar-refractivity contribution >= 4 is 17.9 Å². The van der Waals surface area contributed by atoms with Crippen molar-refractivity contribution in [3.63, 3.8) is 0 Å². The van der Waals surface area contributed by atoms with Crippen molar-refractivity contribution < 1.29 is 28.6 Å². The molecule has 6 heteroatoms. The summed E-state index contributed by atoms with van der Waals surface area (Å²) in [6.45, 7) is 6.42. The van der Waals surface area contributed by atoms with Gasteiger partial charge in [-0.1, -0.05) is 316 Å². The van der Waals surface area contributed by atoms with Crippen molar-refractivity contribution in [1.29, 1.82) is 0 Å². The van der Waals surface area contributed by atoms with Crippen LogP contribution in [0.25, 0.3) is 0 Å². The number of carbonyl (C=O) groups excluding carboxylic acids is 3. The van der Waals surface area contributed by atoms with Gasteiger partial charge in [0.2, 0.25) is 0 Å². The Balaban J connectivity index is 4.17. The second kappa shape index (κ2) is 68.6. The summed E-state index contributed by atoms with van der Waals surface area (Å²) < 4.78 is 16.9. The molecule has 81 heavy (non-hydrogen) atoms. The molecule has 0 bridgehead atoms. The van der Waals surface area contributed by atoms with E-state index in [0.717, 1.165) is 116 Å². The molecule has 0 aromatic carbocycles. The average Bonchev–Trinajstić information content (AvgIpc) is 3.47. The zero-order valence-electron chi connectivity index (χ0n) is 53.3. The van der Waals surface area contributed by atoms with Crippen LogP contribution < -0.4 is 0 Å². The van der Waals surface area contributed by atoms with Crippen molar-refractivity contribution in [3.8, 4) is 0 Å². The molecule has 0 N–H and O–H groups in total. The van der Waals surface area contributed by atoms with Gasteiger partial charge in [-0.2, -0.15) is 0 Å². The first-order valence-electron chi connectivity index (χ1n) is 34.4. The monoisotopic (exact) mass is 1120 g/mol. The van der Waals surface area contributed by atoms with Gasteiger partial charge in [0.15, 0.2) is 6.10 Å². The van der Waals surface area contributed by atoms with E-state index in [1.165, 1.54) is 173 Å². The Hall–Kier alpha value is -3.93. The molecule has 0 aliphatic heterocycles. The van der Waals surface area contributed by atoms with E-state index in [4.69, 9.17) is 14.2 Å². The van der Waals surface area contributed by atoms with E-state index < -0.39 is 6.10 Å². The lowest BCUT2D eigenvalue weighted by atomic mass is 10.0. The van der Waals surface area contributed by atoms with Crippen LogP contribution in [0, 0.1) is 0 Å². The Morgan fingerprint density at radius 2 is 0.481 bits per heavy atom. The molecule has 0 fully saturated rings. The first-order valence-corrected chi connectivity index (χ1v) is 34.4. The van der Waals surface area contributed by atoms with Crippen molar-refractivity contribution in [2.75, 3.05) is 13.2 Å². The SMILES string of the molecule is CC/C=C\C/C=C\C/C=C\C/C=C\C/C=C\CCCCCCCCCCCCCC(=O)OCC(COC(=O)CCCCCCCCCCC)OC(=O)CCCCCCCCCCCCCCCC/C=C\C/C=C\C/C=C\C/C=C\CC. The summed E-state index contributed by atoms with van der Waals surface area (Å²) in [6.07, 6.45) is 94.1. The molecular formula is C75H128O6. The molecule has 0 aliphatic carbocycles. The smallest absolute Gasteiger partial charge is 0.306 e. The Morgan fingerprint density at radius 1 is 0.259 bits per heavy atom. The third-order valence-electron chi connectivity index (χ3n) is 14.8. The zero-order valence-corrected chi connectivity index (χ0v) is 53.3. The molecule has 0 saturated heterocycles. The highest BCUT2D eigenvalue weighted by atomic mass is 16.6. The molecule has 0 aliphatic rings. The van der Waals surface area contributed by atoms with Crippen LogP contribution >= 0.6 is 0 Å². The maximum atomic E-state index is 12.9. The fourth-order valence-corrected chi connectivity index (χ4v) is 9.70. The number of ether oxygens (including phenoxy) is 3.